The Labute approximate surface area is 123 Å². The highest BCUT2D eigenvalue weighted by atomic mass is 35.5. The Kier molecular flexibility index (Phi) is 6.06. The average molecular weight is 301 g/mol. The molecule has 0 heterocycles. The highest BCUT2D eigenvalue weighted by molar-refractivity contribution is 6.53. The highest BCUT2D eigenvalue weighted by Gasteiger charge is 2.18. The summed E-state index contributed by atoms with van der Waals surface area (Å²) in [5.41, 5.74) is 1.03. The van der Waals surface area contributed by atoms with E-state index in [1.807, 2.05) is 14.1 Å². The lowest BCUT2D eigenvalue weighted by Gasteiger charge is -2.05. The summed E-state index contributed by atoms with van der Waals surface area (Å²) in [5, 5.41) is 0.950. The molecule has 5 heteroatoms. The van der Waals surface area contributed by atoms with Gasteiger partial charge in [0.2, 0.25) is 0 Å². The van der Waals surface area contributed by atoms with E-state index in [1.54, 1.807) is 42.0 Å². The van der Waals surface area contributed by atoms with Crippen LogP contribution in [0.25, 0.3) is 5.03 Å². The number of hydrogen-bond acceptors (Lipinski definition) is 2. The van der Waals surface area contributed by atoms with Gasteiger partial charge in [-0.25, -0.2) is 9.37 Å². The minimum Gasteiger partial charge on any atom is -0.462 e. The molecule has 0 spiro atoms. The normalized spacial score (nSPS) is 11.6. The number of hydrogen-bond donors (Lipinski definition) is 0. The van der Waals surface area contributed by atoms with Crippen LogP contribution in [0.4, 0.5) is 0 Å². The molecule has 0 saturated carbocycles. The molecule has 0 bridgehead atoms. The summed E-state index contributed by atoms with van der Waals surface area (Å²) in [6, 6.07) is 6.95. The molecule has 19 heavy (non-hydrogen) atoms. The smallest absolute Gasteiger partial charge is 0.345 e. The van der Waals surface area contributed by atoms with Crippen LogP contribution in [-0.4, -0.2) is 37.5 Å². The summed E-state index contributed by atoms with van der Waals surface area (Å²) >= 11 is 12.1. The zero-order chi connectivity index (χ0) is 14.4. The Bertz CT molecular complexity index is 515. The van der Waals surface area contributed by atoms with Crippen LogP contribution in [0.1, 0.15) is 12.5 Å². The summed E-state index contributed by atoms with van der Waals surface area (Å²) < 4.78 is 6.75. The van der Waals surface area contributed by atoms with Crippen molar-refractivity contribution in [3.8, 4) is 0 Å². The monoisotopic (exact) mass is 300 g/mol. The topological polar surface area (TPSA) is 29.3 Å². The lowest BCUT2D eigenvalue weighted by molar-refractivity contribution is -0.458. The lowest BCUT2D eigenvalue weighted by Crippen LogP contribution is -2.14. The lowest BCUT2D eigenvalue weighted by atomic mass is 10.1. The molecule has 0 aliphatic rings. The molecule has 3 nitrogen and oxygen atoms in total. The quantitative estimate of drug-likeness (QED) is 0.370. The van der Waals surface area contributed by atoms with E-state index in [0.29, 0.717) is 27.8 Å². The van der Waals surface area contributed by atoms with Gasteiger partial charge in [0.05, 0.1) is 11.6 Å². The maximum Gasteiger partial charge on any atom is 0.345 e. The molecule has 102 valence electrons. The molecule has 0 fully saturated rings. The first kappa shape index (κ1) is 15.7. The van der Waals surface area contributed by atoms with E-state index in [2.05, 4.69) is 0 Å². The van der Waals surface area contributed by atoms with Crippen LogP contribution in [0.3, 0.4) is 0 Å². The predicted octanol–water partition coefficient (Wildman–Crippen LogP) is 3.20. The first-order chi connectivity index (χ1) is 8.95. The second kappa shape index (κ2) is 7.31. The van der Waals surface area contributed by atoms with Gasteiger partial charge in [-0.15, -0.1) is 0 Å². The summed E-state index contributed by atoms with van der Waals surface area (Å²) in [5.74, 6) is -0.448. The molecule has 0 N–H and O–H groups in total. The third-order valence-electron chi connectivity index (χ3n) is 2.22. The molecule has 0 aliphatic heterocycles. The second-order valence-electron chi connectivity index (χ2n) is 4.05. The van der Waals surface area contributed by atoms with E-state index in [-0.39, 0.29) is 0 Å². The maximum atomic E-state index is 11.9. The fraction of sp³-hybridized carbons (Fsp3) is 0.286. The predicted molar refractivity (Wildman–Crippen MR) is 79.0 cm³/mol. The second-order valence-corrected chi connectivity index (χ2v) is 4.86. The van der Waals surface area contributed by atoms with Gasteiger partial charge in [-0.2, -0.15) is 0 Å². The summed E-state index contributed by atoms with van der Waals surface area (Å²) in [6.45, 7) is 2.05. The Balaban J connectivity index is 3.26. The van der Waals surface area contributed by atoms with Gasteiger partial charge in [0.25, 0.3) is 0 Å². The maximum absolute atomic E-state index is 11.9. The van der Waals surface area contributed by atoms with Gasteiger partial charge in [-0.1, -0.05) is 35.3 Å². The van der Waals surface area contributed by atoms with Crippen molar-refractivity contribution in [1.82, 2.24) is 0 Å². The molecular formula is C14H16Cl2NO2+. The standard InChI is InChI=1S/C14H16Cl2NO2/c1-4-19-14(18)12(9-17(2)3)13(16)10-5-7-11(15)8-6-10/h5-9H,4H2,1-3H3/q+1/b13-12+. The fourth-order valence-electron chi connectivity index (χ4n) is 1.42. The van der Waals surface area contributed by atoms with Crippen molar-refractivity contribution in [3.05, 3.63) is 40.4 Å². The van der Waals surface area contributed by atoms with E-state index < -0.39 is 5.97 Å². The third kappa shape index (κ3) is 4.69. The van der Waals surface area contributed by atoms with Crippen molar-refractivity contribution in [2.24, 2.45) is 0 Å². The van der Waals surface area contributed by atoms with E-state index in [0.717, 1.165) is 0 Å². The summed E-state index contributed by atoms with van der Waals surface area (Å²) in [4.78, 5) is 11.9. The van der Waals surface area contributed by atoms with Crippen molar-refractivity contribution in [2.45, 2.75) is 6.92 Å². The molecule has 0 aliphatic carbocycles. The average Bonchev–Trinajstić information content (AvgIpc) is 2.36. The van der Waals surface area contributed by atoms with E-state index >= 15 is 0 Å². The van der Waals surface area contributed by atoms with E-state index in [9.17, 15) is 4.79 Å². The first-order valence-corrected chi connectivity index (χ1v) is 6.55. The van der Waals surface area contributed by atoms with Crippen molar-refractivity contribution in [2.75, 3.05) is 20.7 Å². The van der Waals surface area contributed by atoms with Crippen LogP contribution in [0.5, 0.6) is 0 Å². The van der Waals surface area contributed by atoms with E-state index in [4.69, 9.17) is 27.9 Å². The van der Waals surface area contributed by atoms with Crippen LogP contribution in [0.15, 0.2) is 29.8 Å². The zero-order valence-electron chi connectivity index (χ0n) is 11.1. The molecule has 1 aromatic rings. The van der Waals surface area contributed by atoms with Gasteiger partial charge in [-0.05, 0) is 24.6 Å². The van der Waals surface area contributed by atoms with Crippen LogP contribution < -0.4 is 0 Å². The molecule has 0 unspecified atom stereocenters. The first-order valence-electron chi connectivity index (χ1n) is 5.79. The molecule has 1 aromatic carbocycles. The minimum atomic E-state index is -0.448. The highest BCUT2D eigenvalue weighted by Crippen LogP contribution is 2.24. The van der Waals surface area contributed by atoms with Gasteiger partial charge in [0.15, 0.2) is 6.21 Å². The number of benzene rings is 1. The van der Waals surface area contributed by atoms with Gasteiger partial charge in [0.1, 0.15) is 19.7 Å². The van der Waals surface area contributed by atoms with Gasteiger partial charge in [-0.3, -0.25) is 0 Å². The number of rotatable bonds is 4. The zero-order valence-corrected chi connectivity index (χ0v) is 12.6. The van der Waals surface area contributed by atoms with Crippen molar-refractivity contribution in [1.29, 1.82) is 0 Å². The molecular weight excluding hydrogens is 285 g/mol. The van der Waals surface area contributed by atoms with Gasteiger partial charge < -0.3 is 4.74 Å². The van der Waals surface area contributed by atoms with Crippen LogP contribution >= 0.6 is 23.2 Å². The van der Waals surface area contributed by atoms with Crippen LogP contribution in [-0.2, 0) is 9.53 Å². The summed E-state index contributed by atoms with van der Waals surface area (Å²) in [6.07, 6.45) is 1.63. The number of ether oxygens (including phenoxy) is 1. The number of carbonyl (C=O) groups excluding carboxylic acids is 1. The third-order valence-corrected chi connectivity index (χ3v) is 2.89. The molecule has 0 radical (unpaired) electrons. The van der Waals surface area contributed by atoms with Crippen molar-refractivity contribution in [3.63, 3.8) is 0 Å². The number of halogens is 2. The number of carbonyl (C=O) groups is 1. The molecule has 0 aromatic heterocycles. The Morgan fingerprint density at radius 3 is 2.37 bits per heavy atom. The summed E-state index contributed by atoms with van der Waals surface area (Å²) in [7, 11) is 3.62. The SMILES string of the molecule is CCOC(=O)/C(C=[N+](C)C)=C(/Cl)c1ccc(Cl)cc1. The Morgan fingerprint density at radius 1 is 1.32 bits per heavy atom. The fourth-order valence-corrected chi connectivity index (χ4v) is 1.80. The molecule has 1 rings (SSSR count). The van der Waals surface area contributed by atoms with Crippen molar-refractivity contribution >= 4 is 40.4 Å². The molecule has 0 amide bonds. The number of nitrogens with zero attached hydrogens (tertiary/aromatic N) is 1. The van der Waals surface area contributed by atoms with Gasteiger partial charge >= 0.3 is 5.97 Å². The van der Waals surface area contributed by atoms with Crippen LogP contribution in [0, 0.1) is 0 Å². The minimum absolute atomic E-state index is 0.300. The molecule has 0 saturated heterocycles. The van der Waals surface area contributed by atoms with Crippen LogP contribution in [0.2, 0.25) is 5.02 Å². The van der Waals surface area contributed by atoms with E-state index in [1.165, 1.54) is 0 Å². The molecule has 0 atom stereocenters. The Hall–Kier alpha value is -1.32. The largest absolute Gasteiger partial charge is 0.462 e. The van der Waals surface area contributed by atoms with Gasteiger partial charge in [0, 0.05) is 5.02 Å². The van der Waals surface area contributed by atoms with Crippen molar-refractivity contribution < 1.29 is 14.1 Å². The Morgan fingerprint density at radius 2 is 1.89 bits per heavy atom. The number of esters is 1.